The third-order valence-electron chi connectivity index (χ3n) is 7.45. The molecule has 2 atom stereocenters. The van der Waals surface area contributed by atoms with E-state index < -0.39 is 40.3 Å². The number of esters is 1. The van der Waals surface area contributed by atoms with Gasteiger partial charge in [-0.2, -0.15) is 4.72 Å². The van der Waals surface area contributed by atoms with Crippen molar-refractivity contribution in [1.29, 1.82) is 5.41 Å². The van der Waals surface area contributed by atoms with Gasteiger partial charge in [-0.25, -0.2) is 8.42 Å². The number of piperidine rings is 1. The predicted octanol–water partition coefficient (Wildman–Crippen LogP) is 2.60. The molecule has 3 rings (SSSR count). The number of fused-ring (bicyclic) bond motifs is 1. The minimum absolute atomic E-state index is 0. The highest BCUT2D eigenvalue weighted by molar-refractivity contribution is 7.89. The second-order valence-electron chi connectivity index (χ2n) is 10.8. The molecule has 244 valence electrons. The number of halogens is 1. The van der Waals surface area contributed by atoms with Gasteiger partial charge in [-0.3, -0.25) is 19.8 Å². The number of likely N-dealkylation sites (tertiary alicyclic amines) is 1. The van der Waals surface area contributed by atoms with E-state index in [1.165, 1.54) is 17.0 Å². The number of nitrogens with two attached hydrogens (primary N) is 1. The molecule has 0 bridgehead atoms. The van der Waals surface area contributed by atoms with Crippen LogP contribution < -0.4 is 15.8 Å². The van der Waals surface area contributed by atoms with Gasteiger partial charge >= 0.3 is 5.97 Å². The van der Waals surface area contributed by atoms with Gasteiger partial charge in [0.1, 0.15) is 6.04 Å². The summed E-state index contributed by atoms with van der Waals surface area (Å²) in [6, 6.07) is 10.6. The molecule has 0 spiro atoms. The number of carbonyl (C=O) groups is 3. The summed E-state index contributed by atoms with van der Waals surface area (Å²) in [5.41, 5.74) is 5.63. The van der Waals surface area contributed by atoms with Crippen LogP contribution in [-0.2, 0) is 29.1 Å². The average molecular weight is 653 g/mol. The number of unbranched alkanes of at least 4 members (excludes halogenated alkanes) is 1. The first-order chi connectivity index (χ1) is 20.5. The molecule has 0 aromatic heterocycles. The van der Waals surface area contributed by atoms with E-state index in [1.54, 1.807) is 30.0 Å². The van der Waals surface area contributed by atoms with Crippen LogP contribution in [0.2, 0.25) is 0 Å². The number of rotatable bonds is 15. The largest absolute Gasteiger partial charge is 0.466 e. The predicted molar refractivity (Wildman–Crippen MR) is 172 cm³/mol. The maximum atomic E-state index is 13.8. The van der Waals surface area contributed by atoms with E-state index in [0.717, 1.165) is 30.0 Å². The van der Waals surface area contributed by atoms with Gasteiger partial charge in [0.05, 0.1) is 24.3 Å². The van der Waals surface area contributed by atoms with Gasteiger partial charge in [0, 0.05) is 32.7 Å². The molecule has 1 heterocycles. The SMILES string of the molecule is CCCCN(CCC(=O)OCC)C(=O)[C@H](CC(=O)NC[C@@H]1CCCN(C(=N)N)C1)NS(=O)(=O)c1ccc2ccccc2c1.Cl. The van der Waals surface area contributed by atoms with Crippen LogP contribution in [0.25, 0.3) is 10.8 Å². The molecule has 14 heteroatoms. The highest BCUT2D eigenvalue weighted by Crippen LogP contribution is 2.20. The van der Waals surface area contributed by atoms with Gasteiger partial charge in [-0.15, -0.1) is 12.4 Å². The Morgan fingerprint density at radius 2 is 1.86 bits per heavy atom. The zero-order chi connectivity index (χ0) is 31.4. The molecule has 0 saturated carbocycles. The second kappa shape index (κ2) is 17.8. The van der Waals surface area contributed by atoms with Crippen molar-refractivity contribution in [3.8, 4) is 0 Å². The van der Waals surface area contributed by atoms with Crippen LogP contribution in [0.5, 0.6) is 0 Å². The standard InChI is InChI=1S/C30H44N6O6S.ClH/c1-3-5-15-35(17-14-28(38)42-4-2)29(39)26(19-27(37)33-20-22-9-8-16-36(21-22)30(31)32)34-43(40,41)25-13-12-23-10-6-7-11-24(23)18-25;/h6-7,10-13,18,22,26,34H,3-5,8-9,14-17,19-21H2,1-2H3,(H3,31,32)(H,33,37);1H/t22-,26-;/m0./s1. The van der Waals surface area contributed by atoms with E-state index in [4.69, 9.17) is 15.9 Å². The zero-order valence-electron chi connectivity index (χ0n) is 25.4. The molecule has 44 heavy (non-hydrogen) atoms. The summed E-state index contributed by atoms with van der Waals surface area (Å²) in [6.45, 7) is 5.73. The number of ether oxygens (including phenoxy) is 1. The van der Waals surface area contributed by atoms with Gasteiger partial charge in [-0.1, -0.05) is 43.7 Å². The Bertz CT molecular complexity index is 1390. The van der Waals surface area contributed by atoms with E-state index in [0.29, 0.717) is 32.6 Å². The van der Waals surface area contributed by atoms with E-state index >= 15 is 0 Å². The first kappa shape index (κ1) is 36.8. The van der Waals surface area contributed by atoms with Crippen LogP contribution in [-0.4, -0.2) is 87.3 Å². The lowest BCUT2D eigenvalue weighted by molar-refractivity contribution is -0.144. The molecule has 0 unspecified atom stereocenters. The number of guanidine groups is 1. The topological polar surface area (TPSA) is 175 Å². The number of amides is 2. The lowest BCUT2D eigenvalue weighted by Crippen LogP contribution is -2.51. The second-order valence-corrected chi connectivity index (χ2v) is 12.5. The fourth-order valence-corrected chi connectivity index (χ4v) is 6.32. The molecule has 2 aromatic carbocycles. The molecule has 12 nitrogen and oxygen atoms in total. The van der Waals surface area contributed by atoms with E-state index in [-0.39, 0.29) is 48.8 Å². The Morgan fingerprint density at radius 3 is 2.55 bits per heavy atom. The molecule has 5 N–H and O–H groups in total. The van der Waals surface area contributed by atoms with Crippen molar-refractivity contribution >= 4 is 56.9 Å². The lowest BCUT2D eigenvalue weighted by atomic mass is 9.98. The normalized spacial score (nSPS) is 15.6. The molecule has 1 saturated heterocycles. The van der Waals surface area contributed by atoms with Gasteiger partial charge in [-0.05, 0) is 55.0 Å². The Kier molecular flexibility index (Phi) is 14.8. The molecular formula is C30H45ClN6O6S. The number of nitrogens with zero attached hydrogens (tertiary/aromatic N) is 2. The highest BCUT2D eigenvalue weighted by atomic mass is 35.5. The Balaban J connectivity index is 0.00000675. The van der Waals surface area contributed by atoms with Crippen molar-refractivity contribution in [2.75, 3.05) is 39.3 Å². The molecule has 1 aliphatic heterocycles. The lowest BCUT2D eigenvalue weighted by Gasteiger charge is -2.33. The quantitative estimate of drug-likeness (QED) is 0.129. The fourth-order valence-electron chi connectivity index (χ4n) is 5.10. The summed E-state index contributed by atoms with van der Waals surface area (Å²) in [5, 5.41) is 12.1. The monoisotopic (exact) mass is 652 g/mol. The number of carbonyl (C=O) groups excluding carboxylic acids is 3. The van der Waals surface area contributed by atoms with Crippen molar-refractivity contribution in [2.24, 2.45) is 11.7 Å². The van der Waals surface area contributed by atoms with E-state index in [9.17, 15) is 22.8 Å². The fraction of sp³-hybridized carbons (Fsp3) is 0.533. The summed E-state index contributed by atoms with van der Waals surface area (Å²) < 4.78 is 34.6. The number of sulfonamides is 1. The molecule has 0 aliphatic carbocycles. The average Bonchev–Trinajstić information content (AvgIpc) is 2.99. The van der Waals surface area contributed by atoms with E-state index in [2.05, 4.69) is 10.0 Å². The third-order valence-corrected chi connectivity index (χ3v) is 8.92. The van der Waals surface area contributed by atoms with Crippen molar-refractivity contribution in [1.82, 2.24) is 19.8 Å². The van der Waals surface area contributed by atoms with Crippen molar-refractivity contribution in [3.05, 3.63) is 42.5 Å². The maximum Gasteiger partial charge on any atom is 0.307 e. The smallest absolute Gasteiger partial charge is 0.307 e. The van der Waals surface area contributed by atoms with Crippen molar-refractivity contribution < 1.29 is 27.5 Å². The minimum Gasteiger partial charge on any atom is -0.466 e. The van der Waals surface area contributed by atoms with Gasteiger partial charge in [0.15, 0.2) is 5.96 Å². The van der Waals surface area contributed by atoms with Crippen molar-refractivity contribution in [3.63, 3.8) is 0 Å². The van der Waals surface area contributed by atoms with Crippen LogP contribution in [0, 0.1) is 11.3 Å². The zero-order valence-corrected chi connectivity index (χ0v) is 27.1. The number of nitrogens with one attached hydrogen (secondary N) is 3. The molecule has 2 aromatic rings. The summed E-state index contributed by atoms with van der Waals surface area (Å²) in [7, 11) is -4.20. The number of hydrogen-bond acceptors (Lipinski definition) is 7. The Morgan fingerprint density at radius 1 is 1.14 bits per heavy atom. The van der Waals surface area contributed by atoms with Crippen LogP contribution >= 0.6 is 12.4 Å². The number of hydrogen-bond donors (Lipinski definition) is 4. The molecule has 1 fully saturated rings. The minimum atomic E-state index is -4.20. The van der Waals surface area contributed by atoms with Crippen molar-refractivity contribution in [2.45, 2.75) is 63.3 Å². The first-order valence-electron chi connectivity index (χ1n) is 14.8. The Hall–Kier alpha value is -3.42. The van der Waals surface area contributed by atoms with Crippen LogP contribution in [0.15, 0.2) is 47.4 Å². The van der Waals surface area contributed by atoms with Crippen LogP contribution in [0.3, 0.4) is 0 Å². The number of benzene rings is 2. The summed E-state index contributed by atoms with van der Waals surface area (Å²) in [5.74, 6) is -1.48. The summed E-state index contributed by atoms with van der Waals surface area (Å²) in [6.07, 6.45) is 2.62. The molecule has 1 aliphatic rings. The molecule has 0 radical (unpaired) electrons. The first-order valence-corrected chi connectivity index (χ1v) is 16.3. The van der Waals surface area contributed by atoms with Gasteiger partial charge in [0.2, 0.25) is 21.8 Å². The van der Waals surface area contributed by atoms with Gasteiger partial charge in [0.25, 0.3) is 0 Å². The van der Waals surface area contributed by atoms with E-state index in [1.807, 2.05) is 19.1 Å². The van der Waals surface area contributed by atoms with Crippen LogP contribution in [0.4, 0.5) is 0 Å². The third kappa shape index (κ3) is 10.9. The molecule has 2 amide bonds. The molecular weight excluding hydrogens is 608 g/mol. The summed E-state index contributed by atoms with van der Waals surface area (Å²) in [4.78, 5) is 42.2. The maximum absolute atomic E-state index is 13.8. The highest BCUT2D eigenvalue weighted by Gasteiger charge is 2.32. The van der Waals surface area contributed by atoms with Gasteiger partial charge < -0.3 is 25.6 Å². The Labute approximate surface area is 266 Å². The summed E-state index contributed by atoms with van der Waals surface area (Å²) >= 11 is 0. The van der Waals surface area contributed by atoms with Crippen LogP contribution in [0.1, 0.15) is 52.4 Å².